The Kier molecular flexibility index (Phi) is 5.01. The first-order valence-corrected chi connectivity index (χ1v) is 10.1. The van der Waals surface area contributed by atoms with E-state index < -0.39 is 6.61 Å². The summed E-state index contributed by atoms with van der Waals surface area (Å²) >= 11 is 0. The molecular formula is C23H19F2N5O2. The monoisotopic (exact) mass is 435 g/mol. The minimum absolute atomic E-state index is 0.0521. The minimum Gasteiger partial charge on any atom is -0.417 e. The van der Waals surface area contributed by atoms with Crippen molar-refractivity contribution in [2.24, 2.45) is 7.05 Å². The number of ether oxygens (including phenoxy) is 1. The molecule has 4 heterocycles. The van der Waals surface area contributed by atoms with Gasteiger partial charge in [0.15, 0.2) is 0 Å². The van der Waals surface area contributed by atoms with Crippen LogP contribution in [0.15, 0.2) is 54.9 Å². The number of amides is 1. The molecule has 1 amide bonds. The normalized spacial score (nSPS) is 13.4. The van der Waals surface area contributed by atoms with Gasteiger partial charge in [-0.3, -0.25) is 14.5 Å². The third-order valence-corrected chi connectivity index (χ3v) is 5.56. The van der Waals surface area contributed by atoms with Gasteiger partial charge in [-0.15, -0.1) is 0 Å². The fraction of sp³-hybridized carbons (Fsp3) is 0.217. The fourth-order valence-corrected chi connectivity index (χ4v) is 4.13. The first-order valence-electron chi connectivity index (χ1n) is 10.1. The van der Waals surface area contributed by atoms with Crippen molar-refractivity contribution < 1.29 is 18.3 Å². The summed E-state index contributed by atoms with van der Waals surface area (Å²) in [7, 11) is 1.82. The maximum Gasteiger partial charge on any atom is 0.388 e. The largest absolute Gasteiger partial charge is 0.417 e. The fourth-order valence-electron chi connectivity index (χ4n) is 4.13. The highest BCUT2D eigenvalue weighted by Crippen LogP contribution is 2.31. The van der Waals surface area contributed by atoms with Gasteiger partial charge in [0.05, 0.1) is 23.4 Å². The van der Waals surface area contributed by atoms with E-state index in [1.807, 2.05) is 31.3 Å². The van der Waals surface area contributed by atoms with Crippen LogP contribution in [0.5, 0.6) is 5.88 Å². The number of pyridine rings is 2. The summed E-state index contributed by atoms with van der Waals surface area (Å²) in [6.45, 7) is -1.97. The number of halogens is 2. The minimum atomic E-state index is -2.92. The second kappa shape index (κ2) is 7.99. The summed E-state index contributed by atoms with van der Waals surface area (Å²) in [6, 6.07) is 12.4. The summed E-state index contributed by atoms with van der Waals surface area (Å²) in [5.74, 6) is -0.189. The highest BCUT2D eigenvalue weighted by Gasteiger charge is 2.28. The van der Waals surface area contributed by atoms with Crippen LogP contribution in [0.1, 0.15) is 21.6 Å². The van der Waals surface area contributed by atoms with E-state index in [1.54, 1.807) is 27.9 Å². The Labute approximate surface area is 182 Å². The summed E-state index contributed by atoms with van der Waals surface area (Å²) < 4.78 is 30.8. The van der Waals surface area contributed by atoms with E-state index in [0.29, 0.717) is 25.1 Å². The van der Waals surface area contributed by atoms with Crippen molar-refractivity contribution in [3.63, 3.8) is 0 Å². The van der Waals surface area contributed by atoms with Crippen LogP contribution in [-0.2, 0) is 20.0 Å². The van der Waals surface area contributed by atoms with Crippen molar-refractivity contribution in [1.82, 2.24) is 24.6 Å². The smallest absolute Gasteiger partial charge is 0.388 e. The molecule has 4 aromatic rings. The van der Waals surface area contributed by atoms with E-state index in [1.165, 1.54) is 12.3 Å². The highest BCUT2D eigenvalue weighted by atomic mass is 19.3. The Morgan fingerprint density at radius 1 is 1.16 bits per heavy atom. The van der Waals surface area contributed by atoms with Gasteiger partial charge in [0.1, 0.15) is 0 Å². The van der Waals surface area contributed by atoms with Crippen LogP contribution in [0.4, 0.5) is 8.78 Å². The SMILES string of the molecule is Cn1nc2c(c1-c1ccc(OC(F)F)nc1)CCN(C(=O)c1ccc3ncccc3c1)C2. The van der Waals surface area contributed by atoms with Crippen LogP contribution in [0.2, 0.25) is 0 Å². The van der Waals surface area contributed by atoms with Crippen molar-refractivity contribution in [2.75, 3.05) is 6.54 Å². The predicted molar refractivity (Wildman–Crippen MR) is 113 cm³/mol. The Bertz CT molecular complexity index is 1300. The molecule has 1 aromatic carbocycles. The lowest BCUT2D eigenvalue weighted by molar-refractivity contribution is -0.0528. The van der Waals surface area contributed by atoms with E-state index in [4.69, 9.17) is 0 Å². The molecule has 0 spiro atoms. The van der Waals surface area contributed by atoms with Crippen molar-refractivity contribution in [1.29, 1.82) is 0 Å². The van der Waals surface area contributed by atoms with Crippen LogP contribution >= 0.6 is 0 Å². The molecule has 1 aliphatic rings. The molecule has 7 nitrogen and oxygen atoms in total. The summed E-state index contributed by atoms with van der Waals surface area (Å²) in [4.78, 5) is 23.2. The van der Waals surface area contributed by atoms with Crippen LogP contribution in [0.3, 0.4) is 0 Å². The Hall–Kier alpha value is -3.88. The zero-order valence-electron chi connectivity index (χ0n) is 17.2. The summed E-state index contributed by atoms with van der Waals surface area (Å²) in [6.07, 6.45) is 3.86. The van der Waals surface area contributed by atoms with Gasteiger partial charge in [0, 0.05) is 54.1 Å². The maximum absolute atomic E-state index is 13.1. The molecule has 0 bridgehead atoms. The lowest BCUT2D eigenvalue weighted by atomic mass is 10.00. The number of alkyl halides is 2. The van der Waals surface area contributed by atoms with E-state index in [9.17, 15) is 13.6 Å². The van der Waals surface area contributed by atoms with Gasteiger partial charge in [-0.05, 0) is 36.8 Å². The van der Waals surface area contributed by atoms with Crippen molar-refractivity contribution in [3.05, 3.63) is 71.7 Å². The zero-order valence-corrected chi connectivity index (χ0v) is 17.2. The van der Waals surface area contributed by atoms with Gasteiger partial charge < -0.3 is 9.64 Å². The molecule has 0 saturated heterocycles. The van der Waals surface area contributed by atoms with Crippen molar-refractivity contribution in [3.8, 4) is 17.1 Å². The first-order chi connectivity index (χ1) is 15.5. The molecule has 5 rings (SSSR count). The number of carbonyl (C=O) groups excluding carboxylic acids is 1. The number of rotatable bonds is 4. The maximum atomic E-state index is 13.1. The molecule has 9 heteroatoms. The van der Waals surface area contributed by atoms with Gasteiger partial charge in [-0.25, -0.2) is 4.98 Å². The van der Waals surface area contributed by atoms with Gasteiger partial charge >= 0.3 is 6.61 Å². The van der Waals surface area contributed by atoms with E-state index >= 15 is 0 Å². The van der Waals surface area contributed by atoms with E-state index in [2.05, 4.69) is 19.8 Å². The molecule has 0 N–H and O–H groups in total. The Morgan fingerprint density at radius 2 is 2.03 bits per heavy atom. The van der Waals surface area contributed by atoms with Crippen molar-refractivity contribution in [2.45, 2.75) is 19.6 Å². The first kappa shape index (κ1) is 20.0. The number of aryl methyl sites for hydroxylation is 1. The summed E-state index contributed by atoms with van der Waals surface area (Å²) in [5, 5.41) is 5.53. The molecule has 0 fully saturated rings. The number of hydrogen-bond acceptors (Lipinski definition) is 5. The standard InChI is InChI=1S/C23H19F2N5O2/c1-29-21(16-5-7-20(27-12-16)32-23(24)25)17-8-10-30(13-19(17)28-29)22(31)15-4-6-18-14(11-15)3-2-9-26-18/h2-7,9,11-12,23H,8,10,13H2,1H3. The van der Waals surface area contributed by atoms with Gasteiger partial charge in [-0.1, -0.05) is 6.07 Å². The van der Waals surface area contributed by atoms with Crippen LogP contribution in [0.25, 0.3) is 22.2 Å². The van der Waals surface area contributed by atoms with Gasteiger partial charge in [0.25, 0.3) is 5.91 Å². The van der Waals surface area contributed by atoms with E-state index in [0.717, 1.165) is 33.4 Å². The molecule has 0 atom stereocenters. The van der Waals surface area contributed by atoms with Crippen LogP contribution < -0.4 is 4.74 Å². The average Bonchev–Trinajstić information content (AvgIpc) is 3.13. The lowest BCUT2D eigenvalue weighted by Crippen LogP contribution is -2.36. The third kappa shape index (κ3) is 3.66. The number of benzene rings is 1. The van der Waals surface area contributed by atoms with Crippen LogP contribution in [0, 0.1) is 0 Å². The van der Waals surface area contributed by atoms with E-state index in [-0.39, 0.29) is 11.8 Å². The second-order valence-corrected chi connectivity index (χ2v) is 7.55. The number of nitrogens with zero attached hydrogens (tertiary/aromatic N) is 5. The number of fused-ring (bicyclic) bond motifs is 2. The zero-order chi connectivity index (χ0) is 22.2. The second-order valence-electron chi connectivity index (χ2n) is 7.55. The molecule has 0 radical (unpaired) electrons. The van der Waals surface area contributed by atoms with Gasteiger partial charge in [-0.2, -0.15) is 13.9 Å². The lowest BCUT2D eigenvalue weighted by Gasteiger charge is -2.26. The molecule has 0 unspecified atom stereocenters. The van der Waals surface area contributed by atoms with Gasteiger partial charge in [0.2, 0.25) is 5.88 Å². The summed E-state index contributed by atoms with van der Waals surface area (Å²) in [5.41, 5.74) is 4.92. The molecular weight excluding hydrogens is 416 g/mol. The molecule has 1 aliphatic heterocycles. The molecule has 162 valence electrons. The van der Waals surface area contributed by atoms with Crippen LogP contribution in [-0.4, -0.2) is 43.7 Å². The molecule has 0 aliphatic carbocycles. The average molecular weight is 435 g/mol. The number of aromatic nitrogens is 4. The topological polar surface area (TPSA) is 73.1 Å². The third-order valence-electron chi connectivity index (χ3n) is 5.56. The predicted octanol–water partition coefficient (Wildman–Crippen LogP) is 3.83. The number of hydrogen-bond donors (Lipinski definition) is 0. The Morgan fingerprint density at radius 3 is 2.81 bits per heavy atom. The molecule has 3 aromatic heterocycles. The Balaban J connectivity index is 1.39. The van der Waals surface area contributed by atoms with Crippen molar-refractivity contribution >= 4 is 16.8 Å². The molecule has 32 heavy (non-hydrogen) atoms. The molecule has 0 saturated carbocycles. The highest BCUT2D eigenvalue weighted by molar-refractivity contribution is 5.98. The number of carbonyl (C=O) groups is 1. The quantitative estimate of drug-likeness (QED) is 0.487.